The van der Waals surface area contributed by atoms with Crippen molar-refractivity contribution < 1.29 is 15.0 Å². The summed E-state index contributed by atoms with van der Waals surface area (Å²) in [6, 6.07) is 5.15. The molecule has 132 valence electrons. The minimum atomic E-state index is -1.00. The normalized spacial score (nSPS) is 12.0. The number of nitrogens with zero attached hydrogens (tertiary/aromatic N) is 1. The van der Waals surface area contributed by atoms with Crippen LogP contribution in [0.5, 0.6) is 5.75 Å². The fourth-order valence-electron chi connectivity index (χ4n) is 2.23. The Morgan fingerprint density at radius 3 is 2.12 bits per heavy atom. The third-order valence-electron chi connectivity index (χ3n) is 3.65. The van der Waals surface area contributed by atoms with Crippen LogP contribution in [0.2, 0.25) is 0 Å². The number of carboxylic acids is 1. The van der Waals surface area contributed by atoms with Crippen molar-refractivity contribution >= 4 is 5.97 Å². The van der Waals surface area contributed by atoms with Crippen LogP contribution in [-0.4, -0.2) is 32.2 Å². The standard InChI is InChI=1S/C12H18O.C6H9N3O2/c1-8(2)10-6-5-7-11(9(3)4)12(10)13;7-5(6(10)11)1-4-2-8-3-9-4/h5-9,13H,1-4H3;2-3,5H,1,7H2,(H,8,9)(H,10,11)/t;5-/m.0/s1. The maximum atomic E-state index is 10.3. The van der Waals surface area contributed by atoms with Gasteiger partial charge in [0.1, 0.15) is 11.8 Å². The van der Waals surface area contributed by atoms with Gasteiger partial charge in [0.25, 0.3) is 0 Å². The van der Waals surface area contributed by atoms with Crippen LogP contribution in [0.1, 0.15) is 56.4 Å². The lowest BCUT2D eigenvalue weighted by atomic mass is 9.94. The van der Waals surface area contributed by atoms with Gasteiger partial charge < -0.3 is 20.9 Å². The molecule has 0 unspecified atom stereocenters. The van der Waals surface area contributed by atoms with Crippen LogP contribution >= 0.6 is 0 Å². The van der Waals surface area contributed by atoms with E-state index in [1.165, 1.54) is 6.33 Å². The molecule has 1 aromatic carbocycles. The Morgan fingerprint density at radius 2 is 1.75 bits per heavy atom. The van der Waals surface area contributed by atoms with Gasteiger partial charge in [-0.25, -0.2) is 4.98 Å². The number of H-pyrrole nitrogens is 1. The molecule has 0 saturated heterocycles. The van der Waals surface area contributed by atoms with Gasteiger partial charge in [0.05, 0.1) is 6.33 Å². The summed E-state index contributed by atoms with van der Waals surface area (Å²) in [5, 5.41) is 18.4. The Bertz CT molecular complexity index is 611. The predicted molar refractivity (Wildman–Crippen MR) is 94.2 cm³/mol. The van der Waals surface area contributed by atoms with Crippen LogP contribution in [0.3, 0.4) is 0 Å². The molecule has 0 saturated carbocycles. The highest BCUT2D eigenvalue weighted by Crippen LogP contribution is 2.32. The summed E-state index contributed by atoms with van der Waals surface area (Å²) in [5.41, 5.74) is 8.09. The second kappa shape index (κ2) is 9.08. The maximum Gasteiger partial charge on any atom is 0.320 e. The highest BCUT2D eigenvalue weighted by Gasteiger charge is 2.12. The largest absolute Gasteiger partial charge is 0.507 e. The number of hydrogen-bond acceptors (Lipinski definition) is 4. The Labute approximate surface area is 142 Å². The average Bonchev–Trinajstić information content (AvgIpc) is 3.00. The monoisotopic (exact) mass is 333 g/mol. The van der Waals surface area contributed by atoms with Gasteiger partial charge >= 0.3 is 5.97 Å². The van der Waals surface area contributed by atoms with Gasteiger partial charge in [0.2, 0.25) is 0 Å². The van der Waals surface area contributed by atoms with Crippen LogP contribution in [0.4, 0.5) is 0 Å². The molecular formula is C18H27N3O3. The van der Waals surface area contributed by atoms with E-state index in [9.17, 15) is 9.90 Å². The number of aliphatic carboxylic acids is 1. The van der Waals surface area contributed by atoms with Crippen LogP contribution in [-0.2, 0) is 11.2 Å². The van der Waals surface area contributed by atoms with Crippen LogP contribution in [0.15, 0.2) is 30.7 Å². The van der Waals surface area contributed by atoms with Crippen molar-refractivity contribution in [3.05, 3.63) is 47.5 Å². The maximum absolute atomic E-state index is 10.3. The number of phenols is 1. The number of hydrogen-bond donors (Lipinski definition) is 4. The number of benzene rings is 1. The van der Waals surface area contributed by atoms with E-state index in [0.717, 1.165) is 16.8 Å². The number of aromatic amines is 1. The van der Waals surface area contributed by atoms with E-state index in [0.29, 0.717) is 17.6 Å². The van der Waals surface area contributed by atoms with Crippen molar-refractivity contribution in [2.24, 2.45) is 5.73 Å². The molecule has 0 radical (unpaired) electrons. The van der Waals surface area contributed by atoms with Gasteiger partial charge in [-0.15, -0.1) is 0 Å². The molecule has 5 N–H and O–H groups in total. The molecule has 6 nitrogen and oxygen atoms in total. The molecule has 6 heteroatoms. The molecule has 1 aromatic heterocycles. The van der Waals surface area contributed by atoms with Gasteiger partial charge in [-0.1, -0.05) is 45.9 Å². The lowest BCUT2D eigenvalue weighted by molar-refractivity contribution is -0.138. The zero-order valence-electron chi connectivity index (χ0n) is 14.7. The van der Waals surface area contributed by atoms with Gasteiger partial charge in [-0.05, 0) is 23.0 Å². The zero-order chi connectivity index (χ0) is 18.3. The number of rotatable bonds is 5. The fourth-order valence-corrected chi connectivity index (χ4v) is 2.23. The first kappa shape index (κ1) is 19.7. The van der Waals surface area contributed by atoms with E-state index in [1.807, 2.05) is 18.2 Å². The highest BCUT2D eigenvalue weighted by atomic mass is 16.4. The smallest absolute Gasteiger partial charge is 0.320 e. The van der Waals surface area contributed by atoms with Crippen molar-refractivity contribution in [3.8, 4) is 5.75 Å². The van der Waals surface area contributed by atoms with E-state index < -0.39 is 12.0 Å². The van der Waals surface area contributed by atoms with Crippen molar-refractivity contribution in [3.63, 3.8) is 0 Å². The SMILES string of the molecule is CC(C)c1cccc(C(C)C)c1O.N[C@@H](Cc1cnc[nH]1)C(=O)O. The van der Waals surface area contributed by atoms with E-state index in [1.54, 1.807) is 6.20 Å². The second-order valence-electron chi connectivity index (χ2n) is 6.32. The molecule has 0 aliphatic rings. The minimum absolute atomic E-state index is 0.287. The van der Waals surface area contributed by atoms with E-state index in [-0.39, 0.29) is 6.42 Å². The quantitative estimate of drug-likeness (QED) is 0.672. The van der Waals surface area contributed by atoms with Gasteiger partial charge in [-0.2, -0.15) is 0 Å². The number of aromatic hydroxyl groups is 1. The number of carbonyl (C=O) groups is 1. The molecular weight excluding hydrogens is 306 g/mol. The van der Waals surface area contributed by atoms with Gasteiger partial charge in [-0.3, -0.25) is 4.79 Å². The molecule has 24 heavy (non-hydrogen) atoms. The van der Waals surface area contributed by atoms with E-state index in [4.69, 9.17) is 10.8 Å². The number of aromatic nitrogens is 2. The summed E-state index contributed by atoms with van der Waals surface area (Å²) < 4.78 is 0. The van der Waals surface area contributed by atoms with Crippen molar-refractivity contribution in [2.45, 2.75) is 52.0 Å². The predicted octanol–water partition coefficient (Wildman–Crippen LogP) is 3.00. The first-order valence-corrected chi connectivity index (χ1v) is 8.01. The third-order valence-corrected chi connectivity index (χ3v) is 3.65. The molecule has 0 fully saturated rings. The van der Waals surface area contributed by atoms with Gasteiger partial charge in [0.15, 0.2) is 0 Å². The first-order chi connectivity index (χ1) is 11.2. The molecule has 0 aliphatic carbocycles. The highest BCUT2D eigenvalue weighted by molar-refractivity contribution is 5.73. The summed E-state index contributed by atoms with van der Waals surface area (Å²) in [5.74, 6) is 0.254. The Hall–Kier alpha value is -2.34. The Balaban J connectivity index is 0.000000243. The number of nitrogens with one attached hydrogen (secondary N) is 1. The summed E-state index contributed by atoms with van der Waals surface area (Å²) in [6.45, 7) is 8.39. The summed E-state index contributed by atoms with van der Waals surface area (Å²) in [7, 11) is 0. The number of nitrogens with two attached hydrogens (primary N) is 1. The zero-order valence-corrected chi connectivity index (χ0v) is 14.7. The molecule has 2 aromatic rings. The van der Waals surface area contributed by atoms with Crippen LogP contribution < -0.4 is 5.73 Å². The molecule has 0 amide bonds. The number of imidazole rings is 1. The minimum Gasteiger partial charge on any atom is -0.507 e. The molecule has 1 atom stereocenters. The molecule has 0 spiro atoms. The Morgan fingerprint density at radius 1 is 1.21 bits per heavy atom. The van der Waals surface area contributed by atoms with Crippen molar-refractivity contribution in [1.29, 1.82) is 0 Å². The Kier molecular flexibility index (Phi) is 7.45. The number of carboxylic acid groups (broad SMARTS) is 1. The number of para-hydroxylation sites is 1. The lowest BCUT2D eigenvalue weighted by Crippen LogP contribution is -2.32. The molecule has 0 bridgehead atoms. The van der Waals surface area contributed by atoms with Crippen LogP contribution in [0.25, 0.3) is 0 Å². The first-order valence-electron chi connectivity index (χ1n) is 8.01. The van der Waals surface area contributed by atoms with E-state index in [2.05, 4.69) is 37.7 Å². The topological polar surface area (TPSA) is 112 Å². The molecule has 1 heterocycles. The lowest BCUT2D eigenvalue weighted by Gasteiger charge is -2.14. The summed E-state index contributed by atoms with van der Waals surface area (Å²) in [4.78, 5) is 16.8. The second-order valence-corrected chi connectivity index (χ2v) is 6.32. The van der Waals surface area contributed by atoms with Crippen molar-refractivity contribution in [1.82, 2.24) is 9.97 Å². The summed E-state index contributed by atoms with van der Waals surface area (Å²) in [6.07, 6.45) is 3.34. The molecule has 2 rings (SSSR count). The number of phenolic OH excluding ortho intramolecular Hbond substituents is 1. The van der Waals surface area contributed by atoms with Crippen molar-refractivity contribution in [2.75, 3.05) is 0 Å². The third kappa shape index (κ3) is 5.70. The summed E-state index contributed by atoms with van der Waals surface area (Å²) >= 11 is 0. The molecule has 0 aliphatic heterocycles. The fraction of sp³-hybridized carbons (Fsp3) is 0.444. The van der Waals surface area contributed by atoms with Crippen LogP contribution in [0, 0.1) is 0 Å². The van der Waals surface area contributed by atoms with E-state index >= 15 is 0 Å². The average molecular weight is 333 g/mol. The van der Waals surface area contributed by atoms with Gasteiger partial charge in [0, 0.05) is 18.3 Å².